The molecule has 4 heteroatoms. The largest absolute Gasteiger partial charge is 0.398 e. The first-order chi connectivity index (χ1) is 7.65. The Morgan fingerprint density at radius 1 is 1.38 bits per heavy atom. The molecule has 0 spiro atoms. The maximum Gasteiger partial charge on any atom is 0.0620 e. The zero-order chi connectivity index (χ0) is 12.0. The topological polar surface area (TPSA) is 52.3 Å². The lowest BCUT2D eigenvalue weighted by Gasteiger charge is -2.07. The number of nitrogens with two attached hydrogens (primary N) is 1. The average molecular weight is 241 g/mol. The van der Waals surface area contributed by atoms with E-state index in [0.29, 0.717) is 18.0 Å². The Morgan fingerprint density at radius 2 is 2.12 bits per heavy atom. The fourth-order valence-corrected chi connectivity index (χ4v) is 2.47. The third-order valence-corrected chi connectivity index (χ3v) is 3.56. The van der Waals surface area contributed by atoms with Gasteiger partial charge in [0, 0.05) is 12.3 Å². The monoisotopic (exact) mass is 241 g/mol. The molecule has 0 bridgehead atoms. The molecule has 1 atom stereocenters. The summed E-state index contributed by atoms with van der Waals surface area (Å²) < 4.78 is 17.2. The predicted octanol–water partition coefficient (Wildman–Crippen LogP) is 2.11. The summed E-state index contributed by atoms with van der Waals surface area (Å²) in [6.45, 7) is 5.26. The molecule has 0 saturated heterocycles. The van der Waals surface area contributed by atoms with E-state index in [1.807, 2.05) is 19.1 Å². The minimum atomic E-state index is -1.06. The van der Waals surface area contributed by atoms with E-state index in [1.54, 1.807) is 6.07 Å². The molecule has 0 heterocycles. The van der Waals surface area contributed by atoms with Crippen LogP contribution in [0.15, 0.2) is 23.1 Å². The second kappa shape index (κ2) is 6.66. The van der Waals surface area contributed by atoms with Crippen LogP contribution in [0.5, 0.6) is 0 Å². The number of aryl methyl sites for hydroxylation is 1. The van der Waals surface area contributed by atoms with Crippen molar-refractivity contribution in [3.63, 3.8) is 0 Å². The van der Waals surface area contributed by atoms with Crippen molar-refractivity contribution in [1.82, 2.24) is 0 Å². The Balaban J connectivity index is 2.55. The highest BCUT2D eigenvalue weighted by Gasteiger charge is 2.07. The van der Waals surface area contributed by atoms with Crippen molar-refractivity contribution in [2.45, 2.75) is 25.2 Å². The lowest BCUT2D eigenvalue weighted by molar-refractivity contribution is 0.150. The smallest absolute Gasteiger partial charge is 0.0620 e. The molecule has 0 saturated carbocycles. The fraction of sp³-hybridized carbons (Fsp3) is 0.500. The SMILES string of the molecule is CCCOCCS(=O)c1cc(C)ccc1N. The lowest BCUT2D eigenvalue weighted by atomic mass is 10.2. The van der Waals surface area contributed by atoms with Crippen molar-refractivity contribution in [2.75, 3.05) is 24.7 Å². The Bertz CT molecular complexity index is 366. The predicted molar refractivity (Wildman–Crippen MR) is 68.0 cm³/mol. The molecular formula is C12H19NO2S. The van der Waals surface area contributed by atoms with Crippen LogP contribution in [0.3, 0.4) is 0 Å². The molecular weight excluding hydrogens is 222 g/mol. The Hall–Kier alpha value is -0.870. The molecule has 1 unspecified atom stereocenters. The van der Waals surface area contributed by atoms with E-state index >= 15 is 0 Å². The van der Waals surface area contributed by atoms with E-state index in [0.717, 1.165) is 23.5 Å². The first-order valence-corrected chi connectivity index (χ1v) is 6.79. The van der Waals surface area contributed by atoms with E-state index in [9.17, 15) is 4.21 Å². The Kier molecular flexibility index (Phi) is 5.49. The summed E-state index contributed by atoms with van der Waals surface area (Å²) in [5.41, 5.74) is 7.46. The summed E-state index contributed by atoms with van der Waals surface area (Å²) in [5, 5.41) is 0. The Labute approximate surface area is 99.4 Å². The normalized spacial score (nSPS) is 12.6. The number of anilines is 1. The van der Waals surface area contributed by atoms with E-state index < -0.39 is 10.8 Å². The number of nitrogen functional groups attached to an aromatic ring is 1. The molecule has 0 aliphatic heterocycles. The van der Waals surface area contributed by atoms with E-state index in [1.165, 1.54) is 0 Å². The van der Waals surface area contributed by atoms with Gasteiger partial charge in [0.2, 0.25) is 0 Å². The van der Waals surface area contributed by atoms with Crippen LogP contribution in [0.2, 0.25) is 0 Å². The molecule has 16 heavy (non-hydrogen) atoms. The second-order valence-electron chi connectivity index (χ2n) is 3.70. The van der Waals surface area contributed by atoms with Gasteiger partial charge in [0.1, 0.15) is 0 Å². The molecule has 1 aromatic carbocycles. The minimum absolute atomic E-state index is 0.508. The van der Waals surface area contributed by atoms with E-state index in [2.05, 4.69) is 6.92 Å². The van der Waals surface area contributed by atoms with Gasteiger partial charge in [-0.15, -0.1) is 0 Å². The molecule has 0 aromatic heterocycles. The molecule has 90 valence electrons. The summed E-state index contributed by atoms with van der Waals surface area (Å²) in [6, 6.07) is 5.60. The summed E-state index contributed by atoms with van der Waals surface area (Å²) >= 11 is 0. The van der Waals surface area contributed by atoms with Gasteiger partial charge in [-0.2, -0.15) is 0 Å². The van der Waals surface area contributed by atoms with Crippen LogP contribution < -0.4 is 5.73 Å². The van der Waals surface area contributed by atoms with E-state index in [-0.39, 0.29) is 0 Å². The highest BCUT2D eigenvalue weighted by atomic mass is 32.2. The maximum atomic E-state index is 11.9. The minimum Gasteiger partial charge on any atom is -0.398 e. The third-order valence-electron chi connectivity index (χ3n) is 2.18. The van der Waals surface area contributed by atoms with E-state index in [4.69, 9.17) is 10.5 Å². The molecule has 0 radical (unpaired) electrons. The number of ether oxygens (including phenoxy) is 1. The first kappa shape index (κ1) is 13.2. The number of benzene rings is 1. The zero-order valence-electron chi connectivity index (χ0n) is 9.86. The van der Waals surface area contributed by atoms with Gasteiger partial charge in [-0.25, -0.2) is 0 Å². The van der Waals surface area contributed by atoms with Gasteiger partial charge in [0.05, 0.1) is 28.1 Å². The van der Waals surface area contributed by atoms with Crippen LogP contribution in [0.1, 0.15) is 18.9 Å². The maximum absolute atomic E-state index is 11.9. The average Bonchev–Trinajstić information content (AvgIpc) is 2.27. The van der Waals surface area contributed by atoms with Crippen LogP contribution >= 0.6 is 0 Å². The molecule has 1 rings (SSSR count). The summed E-state index contributed by atoms with van der Waals surface area (Å²) in [6.07, 6.45) is 0.985. The highest BCUT2D eigenvalue weighted by molar-refractivity contribution is 7.85. The summed E-state index contributed by atoms with van der Waals surface area (Å²) in [5.74, 6) is 0.508. The van der Waals surface area contributed by atoms with Gasteiger partial charge in [-0.3, -0.25) is 4.21 Å². The van der Waals surface area contributed by atoms with Crippen molar-refractivity contribution in [3.8, 4) is 0 Å². The van der Waals surface area contributed by atoms with Crippen molar-refractivity contribution in [3.05, 3.63) is 23.8 Å². The van der Waals surface area contributed by atoms with Gasteiger partial charge < -0.3 is 10.5 Å². The van der Waals surface area contributed by atoms with Gasteiger partial charge in [-0.05, 0) is 31.0 Å². The van der Waals surface area contributed by atoms with Crippen LogP contribution in [0, 0.1) is 6.92 Å². The second-order valence-corrected chi connectivity index (χ2v) is 5.24. The quantitative estimate of drug-likeness (QED) is 0.613. The summed E-state index contributed by atoms with van der Waals surface area (Å²) in [4.78, 5) is 0.722. The number of hydrogen-bond donors (Lipinski definition) is 1. The van der Waals surface area contributed by atoms with Crippen molar-refractivity contribution in [2.24, 2.45) is 0 Å². The Morgan fingerprint density at radius 3 is 2.81 bits per heavy atom. The lowest BCUT2D eigenvalue weighted by Crippen LogP contribution is -2.08. The fourth-order valence-electron chi connectivity index (χ4n) is 1.33. The first-order valence-electron chi connectivity index (χ1n) is 5.47. The van der Waals surface area contributed by atoms with Crippen molar-refractivity contribution in [1.29, 1.82) is 0 Å². The van der Waals surface area contributed by atoms with Gasteiger partial charge in [0.25, 0.3) is 0 Å². The van der Waals surface area contributed by atoms with Gasteiger partial charge in [0.15, 0.2) is 0 Å². The number of rotatable bonds is 6. The van der Waals surface area contributed by atoms with Gasteiger partial charge >= 0.3 is 0 Å². The molecule has 0 amide bonds. The van der Waals surface area contributed by atoms with Crippen LogP contribution in [0.4, 0.5) is 5.69 Å². The molecule has 0 aliphatic carbocycles. The molecule has 3 nitrogen and oxygen atoms in total. The summed E-state index contributed by atoms with van der Waals surface area (Å²) in [7, 11) is -1.06. The standard InChI is InChI=1S/C12H19NO2S/c1-3-6-15-7-8-16(14)12-9-10(2)4-5-11(12)13/h4-5,9H,3,6-8,13H2,1-2H3. The number of hydrogen-bond acceptors (Lipinski definition) is 3. The van der Waals surface area contributed by atoms with Crippen LogP contribution in [0.25, 0.3) is 0 Å². The van der Waals surface area contributed by atoms with Gasteiger partial charge in [-0.1, -0.05) is 13.0 Å². The third kappa shape index (κ3) is 3.94. The van der Waals surface area contributed by atoms with Crippen LogP contribution in [-0.4, -0.2) is 23.2 Å². The molecule has 0 aliphatic rings. The molecule has 2 N–H and O–H groups in total. The van der Waals surface area contributed by atoms with Crippen LogP contribution in [-0.2, 0) is 15.5 Å². The molecule has 0 fully saturated rings. The zero-order valence-corrected chi connectivity index (χ0v) is 10.7. The highest BCUT2D eigenvalue weighted by Crippen LogP contribution is 2.17. The molecule has 1 aromatic rings. The van der Waals surface area contributed by atoms with Crippen molar-refractivity contribution < 1.29 is 8.95 Å². The van der Waals surface area contributed by atoms with Crippen molar-refractivity contribution >= 4 is 16.5 Å².